The lowest BCUT2D eigenvalue weighted by Gasteiger charge is -2.50. The lowest BCUT2D eigenvalue weighted by molar-refractivity contribution is -0.144. The average molecular weight is 593 g/mol. The molecule has 3 aliphatic heterocycles. The molecule has 2 saturated heterocycles. The van der Waals surface area contributed by atoms with E-state index < -0.39 is 29.1 Å². The van der Waals surface area contributed by atoms with Gasteiger partial charge in [-0.2, -0.15) is 0 Å². The van der Waals surface area contributed by atoms with Crippen LogP contribution in [0.4, 0.5) is 5.69 Å². The zero-order valence-corrected chi connectivity index (χ0v) is 24.8. The van der Waals surface area contributed by atoms with E-state index in [0.29, 0.717) is 30.7 Å². The predicted octanol–water partition coefficient (Wildman–Crippen LogP) is 5.31. The smallest absolute Gasteiger partial charge is 0.241 e. The van der Waals surface area contributed by atoms with Crippen LogP contribution in [0.3, 0.4) is 0 Å². The van der Waals surface area contributed by atoms with Crippen molar-refractivity contribution in [3.8, 4) is 11.5 Å². The molecule has 4 fully saturated rings. The summed E-state index contributed by atoms with van der Waals surface area (Å²) in [6, 6.07) is 13.9. The Bertz CT molecular complexity index is 1660. The van der Waals surface area contributed by atoms with E-state index in [9.17, 15) is 24.3 Å². The normalized spacial score (nSPS) is 33.2. The summed E-state index contributed by atoms with van der Waals surface area (Å²) in [6.45, 7) is 1.89. The molecule has 0 aromatic heterocycles. The molecule has 0 bridgehead atoms. The monoisotopic (exact) mass is 592 g/mol. The molecule has 2 aromatic rings. The SMILES string of the molecule is CC12C(=O)N(c3ccccc3)C(=O)C1CC1C(=CCC3C(=O)N(C4CCCCC4)C(=O)C31)C2C1=COc2ccc(O)cc2C1. The number of hydrogen-bond donors (Lipinski definition) is 1. The molecule has 8 rings (SSSR count). The molecular formula is C36H36N2O6. The van der Waals surface area contributed by atoms with Crippen molar-refractivity contribution in [2.45, 2.75) is 64.3 Å². The first-order valence-corrected chi connectivity index (χ1v) is 16.0. The number of aromatic hydroxyl groups is 1. The van der Waals surface area contributed by atoms with E-state index in [1.807, 2.05) is 25.1 Å². The molecule has 2 aromatic carbocycles. The number of carbonyl (C=O) groups excluding carboxylic acids is 4. The zero-order chi connectivity index (χ0) is 30.3. The number of nitrogens with zero attached hydrogens (tertiary/aromatic N) is 2. The minimum absolute atomic E-state index is 0.0515. The number of phenols is 1. The standard InChI is InChI=1S/C36H36N2O6/c1-36-28(33(41)38(35(36)43)23-10-6-3-7-11-23)18-27-25(31(36)21-16-20-17-24(39)12-15-29(20)44-19-21)13-14-26-30(27)34(42)37(32(26)40)22-8-4-2-5-9-22/h3,6-7,10-13,15,17,19,22,26-28,30-31,39H,2,4-5,8-9,14,16,18H2,1H3. The molecule has 44 heavy (non-hydrogen) atoms. The van der Waals surface area contributed by atoms with E-state index in [4.69, 9.17) is 4.74 Å². The molecule has 6 aliphatic rings. The van der Waals surface area contributed by atoms with Gasteiger partial charge in [0.2, 0.25) is 23.6 Å². The van der Waals surface area contributed by atoms with Crippen LogP contribution < -0.4 is 9.64 Å². The maximum Gasteiger partial charge on any atom is 0.241 e. The van der Waals surface area contributed by atoms with Crippen LogP contribution in [-0.4, -0.2) is 39.7 Å². The van der Waals surface area contributed by atoms with Gasteiger partial charge in [0.05, 0.1) is 35.1 Å². The summed E-state index contributed by atoms with van der Waals surface area (Å²) < 4.78 is 6.07. The van der Waals surface area contributed by atoms with Gasteiger partial charge in [-0.05, 0) is 74.4 Å². The lowest BCUT2D eigenvalue weighted by Crippen LogP contribution is -2.51. The first-order chi connectivity index (χ1) is 21.3. The number of allylic oxidation sites excluding steroid dienone is 3. The summed E-state index contributed by atoms with van der Waals surface area (Å²) in [5.41, 5.74) is 2.02. The number of phenolic OH excluding ortho intramolecular Hbond substituents is 1. The summed E-state index contributed by atoms with van der Waals surface area (Å²) in [4.78, 5) is 59.8. The fraction of sp³-hybridized carbons (Fsp3) is 0.444. The second-order valence-electron chi connectivity index (χ2n) is 13.6. The van der Waals surface area contributed by atoms with Gasteiger partial charge in [0.15, 0.2) is 0 Å². The number of likely N-dealkylation sites (tertiary alicyclic amines) is 1. The van der Waals surface area contributed by atoms with E-state index in [1.165, 1.54) is 4.90 Å². The van der Waals surface area contributed by atoms with Crippen molar-refractivity contribution in [1.29, 1.82) is 0 Å². The van der Waals surface area contributed by atoms with Crippen molar-refractivity contribution in [2.24, 2.45) is 35.0 Å². The third-order valence-corrected chi connectivity index (χ3v) is 11.4. The van der Waals surface area contributed by atoms with Crippen molar-refractivity contribution >= 4 is 29.3 Å². The topological polar surface area (TPSA) is 104 Å². The van der Waals surface area contributed by atoms with Crippen LogP contribution in [0, 0.1) is 35.0 Å². The minimum atomic E-state index is -1.11. The molecule has 3 aliphatic carbocycles. The van der Waals surface area contributed by atoms with Crippen LogP contribution in [0.25, 0.3) is 0 Å². The fourth-order valence-electron chi connectivity index (χ4n) is 9.39. The molecule has 0 radical (unpaired) electrons. The van der Waals surface area contributed by atoms with Crippen LogP contribution in [0.1, 0.15) is 57.4 Å². The molecule has 2 saturated carbocycles. The number of rotatable bonds is 3. The quantitative estimate of drug-likeness (QED) is 0.383. The molecule has 6 unspecified atom stereocenters. The first kappa shape index (κ1) is 27.4. The molecule has 8 heteroatoms. The number of carbonyl (C=O) groups is 4. The summed E-state index contributed by atoms with van der Waals surface area (Å²) in [5, 5.41) is 10.2. The minimum Gasteiger partial charge on any atom is -0.508 e. The number of ether oxygens (including phenoxy) is 1. The van der Waals surface area contributed by atoms with Crippen LogP contribution in [0.2, 0.25) is 0 Å². The van der Waals surface area contributed by atoms with Crippen LogP contribution in [0.15, 0.2) is 72.0 Å². The Kier molecular flexibility index (Phi) is 6.16. The maximum absolute atomic E-state index is 14.5. The highest BCUT2D eigenvalue weighted by molar-refractivity contribution is 6.24. The number of anilines is 1. The number of hydrogen-bond acceptors (Lipinski definition) is 6. The van der Waals surface area contributed by atoms with Crippen molar-refractivity contribution in [3.05, 3.63) is 77.6 Å². The number of para-hydroxylation sites is 1. The predicted molar refractivity (Wildman–Crippen MR) is 161 cm³/mol. The molecular weight excluding hydrogens is 556 g/mol. The number of imide groups is 2. The van der Waals surface area contributed by atoms with Gasteiger partial charge in [-0.3, -0.25) is 24.1 Å². The summed E-state index contributed by atoms with van der Waals surface area (Å²) in [7, 11) is 0. The highest BCUT2D eigenvalue weighted by atomic mass is 16.5. The lowest BCUT2D eigenvalue weighted by atomic mass is 9.51. The third kappa shape index (κ3) is 3.75. The Hall–Kier alpha value is -4.20. The van der Waals surface area contributed by atoms with Gasteiger partial charge in [0.1, 0.15) is 11.5 Å². The second kappa shape index (κ2) is 9.91. The van der Waals surface area contributed by atoms with Gasteiger partial charge >= 0.3 is 0 Å². The van der Waals surface area contributed by atoms with Gasteiger partial charge < -0.3 is 9.84 Å². The van der Waals surface area contributed by atoms with Gasteiger partial charge in [0, 0.05) is 23.9 Å². The molecule has 0 spiro atoms. The van der Waals surface area contributed by atoms with Crippen molar-refractivity contribution in [3.63, 3.8) is 0 Å². The molecule has 8 nitrogen and oxygen atoms in total. The second-order valence-corrected chi connectivity index (χ2v) is 13.6. The Morgan fingerprint density at radius 2 is 1.68 bits per heavy atom. The van der Waals surface area contributed by atoms with Crippen LogP contribution in [0.5, 0.6) is 11.5 Å². The Morgan fingerprint density at radius 3 is 2.45 bits per heavy atom. The summed E-state index contributed by atoms with van der Waals surface area (Å²) in [6.07, 6.45) is 9.86. The van der Waals surface area contributed by atoms with Crippen molar-refractivity contribution in [2.75, 3.05) is 4.90 Å². The Morgan fingerprint density at radius 1 is 0.909 bits per heavy atom. The fourth-order valence-corrected chi connectivity index (χ4v) is 9.39. The van der Waals surface area contributed by atoms with Crippen LogP contribution in [-0.2, 0) is 25.6 Å². The largest absolute Gasteiger partial charge is 0.508 e. The zero-order valence-electron chi connectivity index (χ0n) is 24.8. The summed E-state index contributed by atoms with van der Waals surface area (Å²) in [5.74, 6) is -2.41. The van der Waals surface area contributed by atoms with E-state index in [-0.39, 0.29) is 41.3 Å². The number of amides is 4. The molecule has 6 atom stereocenters. The van der Waals surface area contributed by atoms with E-state index in [0.717, 1.165) is 48.8 Å². The van der Waals surface area contributed by atoms with Gasteiger partial charge in [0.25, 0.3) is 0 Å². The number of fused-ring (bicyclic) bond motifs is 5. The Balaban J connectivity index is 1.24. The molecule has 3 heterocycles. The first-order valence-electron chi connectivity index (χ1n) is 16.0. The highest BCUT2D eigenvalue weighted by Gasteiger charge is 2.68. The highest BCUT2D eigenvalue weighted by Crippen LogP contribution is 2.63. The number of benzene rings is 2. The van der Waals surface area contributed by atoms with E-state index in [1.54, 1.807) is 41.5 Å². The van der Waals surface area contributed by atoms with Crippen LogP contribution >= 0.6 is 0 Å². The van der Waals surface area contributed by atoms with E-state index in [2.05, 4.69) is 6.08 Å². The van der Waals surface area contributed by atoms with Crippen molar-refractivity contribution in [1.82, 2.24) is 4.90 Å². The molecule has 226 valence electrons. The average Bonchev–Trinajstić information content (AvgIpc) is 3.41. The summed E-state index contributed by atoms with van der Waals surface area (Å²) >= 11 is 0. The molecule has 4 amide bonds. The van der Waals surface area contributed by atoms with E-state index >= 15 is 0 Å². The van der Waals surface area contributed by atoms with Gasteiger partial charge in [-0.15, -0.1) is 0 Å². The maximum atomic E-state index is 14.5. The molecule has 1 N–H and O–H groups in total. The van der Waals surface area contributed by atoms with Crippen molar-refractivity contribution < 1.29 is 29.0 Å². The Labute approximate surface area is 256 Å². The third-order valence-electron chi connectivity index (χ3n) is 11.4. The van der Waals surface area contributed by atoms with Gasteiger partial charge in [-0.1, -0.05) is 49.1 Å². The van der Waals surface area contributed by atoms with Gasteiger partial charge in [-0.25, -0.2) is 4.90 Å².